The molecule has 3 aromatic carbocycles. The highest BCUT2D eigenvalue weighted by molar-refractivity contribution is 5.94. The van der Waals surface area contributed by atoms with E-state index in [1.807, 2.05) is 42.5 Å². The lowest BCUT2D eigenvalue weighted by molar-refractivity contribution is 0.0891. The second kappa shape index (κ2) is 8.19. The summed E-state index contributed by atoms with van der Waals surface area (Å²) < 4.78 is 0. The van der Waals surface area contributed by atoms with Gasteiger partial charge in [-0.25, -0.2) is 0 Å². The van der Waals surface area contributed by atoms with Crippen LogP contribution in [-0.4, -0.2) is 18.0 Å². The smallest absolute Gasteiger partial charge is 0.251 e. The lowest BCUT2D eigenvalue weighted by atomic mass is 9.84. The minimum atomic E-state index is 0.00284. The van der Waals surface area contributed by atoms with Crippen LogP contribution >= 0.6 is 0 Å². The van der Waals surface area contributed by atoms with Crippen molar-refractivity contribution in [3.05, 3.63) is 108 Å². The van der Waals surface area contributed by atoms with E-state index in [1.165, 1.54) is 11.1 Å². The molecule has 3 aromatic rings. The first-order valence-electron chi connectivity index (χ1n) is 9.53. The summed E-state index contributed by atoms with van der Waals surface area (Å²) in [5.74, 6) is 0.00284. The van der Waals surface area contributed by atoms with Crippen LogP contribution in [0.25, 0.3) is 0 Å². The lowest BCUT2D eigenvalue weighted by Gasteiger charge is -2.40. The molecule has 27 heavy (non-hydrogen) atoms. The maximum atomic E-state index is 12.5. The molecule has 3 heteroatoms. The monoisotopic (exact) mass is 356 g/mol. The second-order valence-electron chi connectivity index (χ2n) is 7.05. The molecule has 0 aromatic heterocycles. The van der Waals surface area contributed by atoms with Gasteiger partial charge in [-0.2, -0.15) is 0 Å². The fourth-order valence-corrected chi connectivity index (χ4v) is 3.60. The van der Waals surface area contributed by atoms with Gasteiger partial charge in [-0.1, -0.05) is 78.9 Å². The Balaban J connectivity index is 1.48. The highest BCUT2D eigenvalue weighted by Crippen LogP contribution is 2.28. The Labute approximate surface area is 160 Å². The van der Waals surface area contributed by atoms with E-state index in [0.29, 0.717) is 5.56 Å². The Hall–Kier alpha value is -2.91. The van der Waals surface area contributed by atoms with Crippen molar-refractivity contribution < 1.29 is 4.79 Å². The van der Waals surface area contributed by atoms with Gasteiger partial charge in [-0.3, -0.25) is 4.79 Å². The van der Waals surface area contributed by atoms with E-state index in [2.05, 4.69) is 59.2 Å². The van der Waals surface area contributed by atoms with E-state index in [4.69, 9.17) is 0 Å². The van der Waals surface area contributed by atoms with Gasteiger partial charge in [0.1, 0.15) is 0 Å². The van der Waals surface area contributed by atoms with Crippen molar-refractivity contribution in [1.29, 1.82) is 0 Å². The zero-order valence-electron chi connectivity index (χ0n) is 15.2. The normalized spacial score (nSPS) is 18.7. The Bertz CT molecular complexity index is 825. The summed E-state index contributed by atoms with van der Waals surface area (Å²) >= 11 is 0. The molecular formula is C24H24N2O. The number of nitrogens with one attached hydrogen (secondary N) is 2. The van der Waals surface area contributed by atoms with Gasteiger partial charge in [0.25, 0.3) is 5.91 Å². The van der Waals surface area contributed by atoms with E-state index in [9.17, 15) is 4.79 Å². The Kier molecular flexibility index (Phi) is 5.31. The molecule has 136 valence electrons. The minimum absolute atomic E-state index is 0.00284. The van der Waals surface area contributed by atoms with Gasteiger partial charge in [0.2, 0.25) is 0 Å². The zero-order valence-corrected chi connectivity index (χ0v) is 15.2. The van der Waals surface area contributed by atoms with Crippen LogP contribution < -0.4 is 10.6 Å². The number of amides is 1. The predicted molar refractivity (Wildman–Crippen MR) is 109 cm³/mol. The van der Waals surface area contributed by atoms with Crippen LogP contribution in [0, 0.1) is 0 Å². The van der Waals surface area contributed by atoms with Gasteiger partial charge < -0.3 is 10.6 Å². The van der Waals surface area contributed by atoms with Crippen LogP contribution in [-0.2, 0) is 0 Å². The molecule has 0 spiro atoms. The van der Waals surface area contributed by atoms with Crippen LogP contribution in [0.15, 0.2) is 91.0 Å². The molecule has 1 amide bonds. The quantitative estimate of drug-likeness (QED) is 0.690. The van der Waals surface area contributed by atoms with E-state index >= 15 is 0 Å². The molecule has 0 radical (unpaired) electrons. The van der Waals surface area contributed by atoms with Crippen molar-refractivity contribution in [3.63, 3.8) is 0 Å². The third-order valence-electron chi connectivity index (χ3n) is 5.27. The third-order valence-corrected chi connectivity index (χ3v) is 5.27. The molecule has 3 nitrogen and oxygen atoms in total. The van der Waals surface area contributed by atoms with E-state index in [-0.39, 0.29) is 24.0 Å². The van der Waals surface area contributed by atoms with Gasteiger partial charge in [-0.05, 0) is 36.1 Å². The summed E-state index contributed by atoms with van der Waals surface area (Å²) in [7, 11) is 0. The SMILES string of the molecule is O=C(NC1CCC1NC(c1ccccc1)c1ccccc1)c1ccccc1. The van der Waals surface area contributed by atoms with Crippen molar-refractivity contribution in [2.24, 2.45) is 0 Å². The molecule has 2 N–H and O–H groups in total. The topological polar surface area (TPSA) is 41.1 Å². The molecule has 4 rings (SSSR count). The van der Waals surface area contributed by atoms with E-state index < -0.39 is 0 Å². The molecule has 0 saturated heterocycles. The second-order valence-corrected chi connectivity index (χ2v) is 7.05. The maximum Gasteiger partial charge on any atom is 0.251 e. The van der Waals surface area contributed by atoms with Crippen LogP contribution in [0.1, 0.15) is 40.4 Å². The third kappa shape index (κ3) is 4.09. The summed E-state index contributed by atoms with van der Waals surface area (Å²) in [6, 6.07) is 31.0. The summed E-state index contributed by atoms with van der Waals surface area (Å²) in [5.41, 5.74) is 3.19. The van der Waals surface area contributed by atoms with E-state index in [1.54, 1.807) is 0 Å². The average molecular weight is 356 g/mol. The standard InChI is InChI=1S/C24H24N2O/c27-24(20-14-8-3-9-15-20)26-22-17-16-21(22)25-23(18-10-4-1-5-11-18)19-12-6-2-7-13-19/h1-15,21-23,25H,16-17H2,(H,26,27). The molecule has 0 bridgehead atoms. The minimum Gasteiger partial charge on any atom is -0.348 e. The Morgan fingerprint density at radius 3 is 1.67 bits per heavy atom. The van der Waals surface area contributed by atoms with Crippen molar-refractivity contribution in [2.75, 3.05) is 0 Å². The van der Waals surface area contributed by atoms with Crippen molar-refractivity contribution in [1.82, 2.24) is 10.6 Å². The van der Waals surface area contributed by atoms with Crippen molar-refractivity contribution >= 4 is 5.91 Å². The van der Waals surface area contributed by atoms with Gasteiger partial charge in [0.15, 0.2) is 0 Å². The summed E-state index contributed by atoms with van der Waals surface area (Å²) in [4.78, 5) is 12.5. The molecule has 0 heterocycles. The molecule has 1 aliphatic rings. The average Bonchev–Trinajstić information content (AvgIpc) is 2.73. The largest absolute Gasteiger partial charge is 0.348 e. The molecule has 1 saturated carbocycles. The first kappa shape index (κ1) is 17.5. The van der Waals surface area contributed by atoms with Gasteiger partial charge in [-0.15, -0.1) is 0 Å². The molecule has 2 unspecified atom stereocenters. The molecular weight excluding hydrogens is 332 g/mol. The molecule has 2 atom stereocenters. The van der Waals surface area contributed by atoms with E-state index in [0.717, 1.165) is 12.8 Å². The molecule has 1 fully saturated rings. The van der Waals surface area contributed by atoms with Gasteiger partial charge in [0.05, 0.1) is 6.04 Å². The fraction of sp³-hybridized carbons (Fsp3) is 0.208. The van der Waals surface area contributed by atoms with Gasteiger partial charge in [0, 0.05) is 17.6 Å². The van der Waals surface area contributed by atoms with Crippen molar-refractivity contribution in [2.45, 2.75) is 31.0 Å². The number of rotatable bonds is 6. The van der Waals surface area contributed by atoms with Crippen LogP contribution in [0.3, 0.4) is 0 Å². The maximum absolute atomic E-state index is 12.5. The highest BCUT2D eigenvalue weighted by Gasteiger charge is 2.34. The van der Waals surface area contributed by atoms with Crippen LogP contribution in [0.5, 0.6) is 0 Å². The number of carbonyl (C=O) groups excluding carboxylic acids is 1. The highest BCUT2D eigenvalue weighted by atomic mass is 16.1. The first-order chi connectivity index (χ1) is 13.3. The summed E-state index contributed by atoms with van der Waals surface area (Å²) in [5, 5.41) is 6.97. The molecule has 0 aliphatic heterocycles. The van der Waals surface area contributed by atoms with Crippen molar-refractivity contribution in [3.8, 4) is 0 Å². The number of hydrogen-bond donors (Lipinski definition) is 2. The first-order valence-corrected chi connectivity index (χ1v) is 9.53. The summed E-state index contributed by atoms with van der Waals surface area (Å²) in [6.45, 7) is 0. The lowest BCUT2D eigenvalue weighted by Crippen LogP contribution is -2.57. The number of carbonyl (C=O) groups is 1. The molecule has 1 aliphatic carbocycles. The van der Waals surface area contributed by atoms with Crippen LogP contribution in [0.4, 0.5) is 0 Å². The predicted octanol–water partition coefficient (Wildman–Crippen LogP) is 4.33. The Morgan fingerprint density at radius 1 is 0.704 bits per heavy atom. The Morgan fingerprint density at radius 2 is 1.19 bits per heavy atom. The number of hydrogen-bond acceptors (Lipinski definition) is 2. The fourth-order valence-electron chi connectivity index (χ4n) is 3.60. The summed E-state index contributed by atoms with van der Waals surface area (Å²) in [6.07, 6.45) is 2.07. The van der Waals surface area contributed by atoms with Crippen LogP contribution in [0.2, 0.25) is 0 Å². The van der Waals surface area contributed by atoms with Gasteiger partial charge >= 0.3 is 0 Å². The zero-order chi connectivity index (χ0) is 18.5. The number of benzene rings is 3.